The standard InChI is InChI=1S/C15H26N2O3/c1-11-12(5-8-16-11)14(20)17-10-15(9-13(18)19)6-3-2-4-7-15/h11-12,16H,2-10H2,1H3,(H,17,20)(H,18,19). The van der Waals surface area contributed by atoms with Crippen LogP contribution in [0.5, 0.6) is 0 Å². The molecule has 2 atom stereocenters. The van der Waals surface area contributed by atoms with Gasteiger partial charge in [-0.1, -0.05) is 19.3 Å². The molecule has 0 radical (unpaired) electrons. The van der Waals surface area contributed by atoms with Crippen molar-refractivity contribution in [3.05, 3.63) is 0 Å². The second-order valence-electron chi connectivity index (χ2n) is 6.49. The van der Waals surface area contributed by atoms with Gasteiger partial charge < -0.3 is 15.7 Å². The molecular formula is C15H26N2O3. The highest BCUT2D eigenvalue weighted by molar-refractivity contribution is 5.79. The maximum atomic E-state index is 12.2. The predicted octanol–water partition coefficient (Wildman–Crippen LogP) is 1.53. The summed E-state index contributed by atoms with van der Waals surface area (Å²) in [7, 11) is 0. The number of rotatable bonds is 5. The maximum absolute atomic E-state index is 12.2. The van der Waals surface area contributed by atoms with Crippen molar-refractivity contribution in [1.82, 2.24) is 10.6 Å². The molecule has 0 spiro atoms. The first-order chi connectivity index (χ1) is 9.52. The number of carboxylic acids is 1. The van der Waals surface area contributed by atoms with E-state index in [1.165, 1.54) is 6.42 Å². The van der Waals surface area contributed by atoms with E-state index in [0.717, 1.165) is 38.6 Å². The average molecular weight is 282 g/mol. The van der Waals surface area contributed by atoms with Gasteiger partial charge in [0.2, 0.25) is 5.91 Å². The first kappa shape index (κ1) is 15.3. The summed E-state index contributed by atoms with van der Waals surface area (Å²) in [6.07, 6.45) is 6.20. The SMILES string of the molecule is CC1NCCC1C(=O)NCC1(CC(=O)O)CCCCC1. The van der Waals surface area contributed by atoms with Crippen molar-refractivity contribution in [2.24, 2.45) is 11.3 Å². The molecule has 114 valence electrons. The fourth-order valence-corrected chi connectivity index (χ4v) is 3.66. The molecule has 2 unspecified atom stereocenters. The van der Waals surface area contributed by atoms with E-state index in [9.17, 15) is 9.59 Å². The summed E-state index contributed by atoms with van der Waals surface area (Å²) in [5.41, 5.74) is -0.227. The van der Waals surface area contributed by atoms with E-state index >= 15 is 0 Å². The summed E-state index contributed by atoms with van der Waals surface area (Å²) >= 11 is 0. The molecule has 0 aromatic heterocycles. The molecule has 0 aromatic carbocycles. The number of carbonyl (C=O) groups is 2. The Labute approximate surface area is 120 Å². The van der Waals surface area contributed by atoms with Crippen molar-refractivity contribution < 1.29 is 14.7 Å². The van der Waals surface area contributed by atoms with Crippen LogP contribution in [0.4, 0.5) is 0 Å². The molecule has 1 amide bonds. The van der Waals surface area contributed by atoms with E-state index in [1.807, 2.05) is 6.92 Å². The molecular weight excluding hydrogens is 256 g/mol. The van der Waals surface area contributed by atoms with Crippen LogP contribution in [0.1, 0.15) is 51.9 Å². The molecule has 1 aliphatic carbocycles. The van der Waals surface area contributed by atoms with Crippen molar-refractivity contribution >= 4 is 11.9 Å². The summed E-state index contributed by atoms with van der Waals surface area (Å²) in [5, 5.41) is 15.4. The van der Waals surface area contributed by atoms with Gasteiger partial charge in [0, 0.05) is 12.6 Å². The Kier molecular flexibility index (Phi) is 5.02. The van der Waals surface area contributed by atoms with Crippen LogP contribution in [0.15, 0.2) is 0 Å². The molecule has 2 rings (SSSR count). The minimum atomic E-state index is -0.753. The third-order valence-electron chi connectivity index (χ3n) is 4.94. The third-order valence-corrected chi connectivity index (χ3v) is 4.94. The average Bonchev–Trinajstić information content (AvgIpc) is 2.83. The van der Waals surface area contributed by atoms with Crippen molar-refractivity contribution in [3.8, 4) is 0 Å². The fourth-order valence-electron chi connectivity index (χ4n) is 3.66. The number of hydrogen-bond donors (Lipinski definition) is 3. The quantitative estimate of drug-likeness (QED) is 0.714. The zero-order valence-corrected chi connectivity index (χ0v) is 12.3. The lowest BCUT2D eigenvalue weighted by atomic mass is 9.71. The monoisotopic (exact) mass is 282 g/mol. The number of nitrogens with one attached hydrogen (secondary N) is 2. The van der Waals surface area contributed by atoms with Crippen LogP contribution in [0, 0.1) is 11.3 Å². The first-order valence-corrected chi connectivity index (χ1v) is 7.75. The lowest BCUT2D eigenvalue weighted by Crippen LogP contribution is -2.44. The van der Waals surface area contributed by atoms with Crippen LogP contribution >= 0.6 is 0 Å². The zero-order chi connectivity index (χ0) is 14.6. The molecule has 20 heavy (non-hydrogen) atoms. The van der Waals surface area contributed by atoms with Gasteiger partial charge in [-0.15, -0.1) is 0 Å². The minimum Gasteiger partial charge on any atom is -0.481 e. The van der Waals surface area contributed by atoms with Crippen LogP contribution in [0.2, 0.25) is 0 Å². The van der Waals surface area contributed by atoms with E-state index in [-0.39, 0.29) is 29.7 Å². The van der Waals surface area contributed by atoms with Gasteiger partial charge in [-0.3, -0.25) is 9.59 Å². The van der Waals surface area contributed by atoms with Gasteiger partial charge >= 0.3 is 5.97 Å². The van der Waals surface area contributed by atoms with E-state index in [4.69, 9.17) is 5.11 Å². The molecule has 5 heteroatoms. The summed E-state index contributed by atoms with van der Waals surface area (Å²) in [6.45, 7) is 3.44. The Morgan fingerprint density at radius 3 is 2.55 bits per heavy atom. The van der Waals surface area contributed by atoms with Crippen molar-refractivity contribution in [1.29, 1.82) is 0 Å². The maximum Gasteiger partial charge on any atom is 0.303 e. The molecule has 0 aromatic rings. The lowest BCUT2D eigenvalue weighted by Gasteiger charge is -2.36. The number of carbonyl (C=O) groups excluding carboxylic acids is 1. The zero-order valence-electron chi connectivity index (χ0n) is 12.3. The molecule has 1 aliphatic heterocycles. The highest BCUT2D eigenvalue weighted by Crippen LogP contribution is 2.38. The third kappa shape index (κ3) is 3.72. The topological polar surface area (TPSA) is 78.4 Å². The molecule has 1 saturated carbocycles. The van der Waals surface area contributed by atoms with Crippen molar-refractivity contribution in [2.75, 3.05) is 13.1 Å². The van der Waals surface area contributed by atoms with E-state index < -0.39 is 5.97 Å². The highest BCUT2D eigenvalue weighted by atomic mass is 16.4. The highest BCUT2D eigenvalue weighted by Gasteiger charge is 2.36. The van der Waals surface area contributed by atoms with Crippen molar-refractivity contribution in [2.45, 2.75) is 57.9 Å². The molecule has 1 heterocycles. The second kappa shape index (κ2) is 6.57. The molecule has 1 saturated heterocycles. The predicted molar refractivity (Wildman–Crippen MR) is 76.4 cm³/mol. The van der Waals surface area contributed by atoms with E-state index in [1.54, 1.807) is 0 Å². The Morgan fingerprint density at radius 2 is 2.00 bits per heavy atom. The molecule has 3 N–H and O–H groups in total. The first-order valence-electron chi connectivity index (χ1n) is 7.75. The van der Waals surface area contributed by atoms with Gasteiger partial charge in [0.05, 0.1) is 12.3 Å². The summed E-state index contributed by atoms with van der Waals surface area (Å²) in [6, 6.07) is 0.219. The van der Waals surface area contributed by atoms with Gasteiger partial charge in [-0.05, 0) is 38.1 Å². The second-order valence-corrected chi connectivity index (χ2v) is 6.49. The van der Waals surface area contributed by atoms with Gasteiger partial charge in [0.1, 0.15) is 0 Å². The lowest BCUT2D eigenvalue weighted by molar-refractivity contribution is -0.141. The molecule has 5 nitrogen and oxygen atoms in total. The normalized spacial score (nSPS) is 29.1. The number of carboxylic acid groups (broad SMARTS) is 1. The Hall–Kier alpha value is -1.10. The summed E-state index contributed by atoms with van der Waals surface area (Å²) in [5.74, 6) is -0.643. The fraction of sp³-hybridized carbons (Fsp3) is 0.867. The van der Waals surface area contributed by atoms with Crippen LogP contribution in [-0.4, -0.2) is 36.1 Å². The van der Waals surface area contributed by atoms with Crippen LogP contribution in [0.3, 0.4) is 0 Å². The van der Waals surface area contributed by atoms with E-state index in [2.05, 4.69) is 10.6 Å². The number of amides is 1. The van der Waals surface area contributed by atoms with E-state index in [0.29, 0.717) is 6.54 Å². The van der Waals surface area contributed by atoms with Gasteiger partial charge in [0.15, 0.2) is 0 Å². The smallest absolute Gasteiger partial charge is 0.303 e. The van der Waals surface area contributed by atoms with Crippen molar-refractivity contribution in [3.63, 3.8) is 0 Å². The minimum absolute atomic E-state index is 0.0282. The number of hydrogen-bond acceptors (Lipinski definition) is 3. The van der Waals surface area contributed by atoms with Gasteiger partial charge in [0.25, 0.3) is 0 Å². The number of aliphatic carboxylic acids is 1. The van der Waals surface area contributed by atoms with Crippen LogP contribution in [-0.2, 0) is 9.59 Å². The van der Waals surface area contributed by atoms with Gasteiger partial charge in [-0.25, -0.2) is 0 Å². The summed E-state index contributed by atoms with van der Waals surface area (Å²) in [4.78, 5) is 23.3. The molecule has 0 bridgehead atoms. The van der Waals surface area contributed by atoms with Crippen LogP contribution < -0.4 is 10.6 Å². The molecule has 2 aliphatic rings. The largest absolute Gasteiger partial charge is 0.481 e. The summed E-state index contributed by atoms with van der Waals surface area (Å²) < 4.78 is 0. The van der Waals surface area contributed by atoms with Gasteiger partial charge in [-0.2, -0.15) is 0 Å². The Balaban J connectivity index is 1.91. The Morgan fingerprint density at radius 1 is 1.30 bits per heavy atom. The Bertz CT molecular complexity index is 364. The van der Waals surface area contributed by atoms with Crippen LogP contribution in [0.25, 0.3) is 0 Å². The molecule has 2 fully saturated rings.